The second kappa shape index (κ2) is 15.4. The fraction of sp³-hybridized carbons (Fsp3) is 0.0164. The monoisotopic (exact) mass is 803 g/mol. The lowest BCUT2D eigenvalue weighted by atomic mass is 9.93. The van der Waals surface area contributed by atoms with Crippen molar-refractivity contribution in [2.24, 2.45) is 0 Å². The van der Waals surface area contributed by atoms with Crippen molar-refractivity contribution in [3.8, 4) is 44.5 Å². The zero-order chi connectivity index (χ0) is 41.7. The fourth-order valence-electron chi connectivity index (χ4n) is 9.59. The summed E-state index contributed by atoms with van der Waals surface area (Å²) >= 11 is 0. The summed E-state index contributed by atoms with van der Waals surface area (Å²) in [5, 5.41) is 9.63. The Morgan fingerprint density at radius 1 is 0.286 bits per heavy atom. The predicted octanol–water partition coefficient (Wildman–Crippen LogP) is 17.1. The Balaban J connectivity index is 0.955. The highest BCUT2D eigenvalue weighted by molar-refractivity contribution is 6.17. The number of rotatable bonds is 8. The Morgan fingerprint density at radius 2 is 0.794 bits per heavy atom. The quantitative estimate of drug-likeness (QED) is 0.142. The molecule has 0 unspecified atom stereocenters. The van der Waals surface area contributed by atoms with Crippen molar-refractivity contribution in [3.05, 3.63) is 242 Å². The molecule has 0 aliphatic carbocycles. The van der Waals surface area contributed by atoms with E-state index in [4.69, 9.17) is 4.42 Å². The van der Waals surface area contributed by atoms with Gasteiger partial charge in [-0.05, 0) is 108 Å². The lowest BCUT2D eigenvalue weighted by Crippen LogP contribution is -2.17. The van der Waals surface area contributed by atoms with E-state index in [-0.39, 0.29) is 0 Å². The molecule has 1 heterocycles. The molecule has 2 heteroatoms. The number of anilines is 2. The third kappa shape index (κ3) is 6.52. The molecule has 0 saturated carbocycles. The number of furan rings is 1. The second-order valence-electron chi connectivity index (χ2n) is 16.4. The number of hydrogen-bond acceptors (Lipinski definition) is 2. The van der Waals surface area contributed by atoms with Crippen molar-refractivity contribution < 1.29 is 4.42 Å². The first kappa shape index (κ1) is 36.6. The third-order valence-corrected chi connectivity index (χ3v) is 12.8. The maximum atomic E-state index is 6.87. The molecule has 0 aliphatic rings. The molecule has 0 N–H and O–H groups in total. The Morgan fingerprint density at radius 3 is 1.52 bits per heavy atom. The number of fused-ring (bicyclic) bond motifs is 8. The number of benzene rings is 11. The molecule has 0 bridgehead atoms. The van der Waals surface area contributed by atoms with E-state index in [1.165, 1.54) is 65.9 Å². The van der Waals surface area contributed by atoms with Crippen LogP contribution in [-0.2, 0) is 6.54 Å². The first-order chi connectivity index (χ1) is 31.2. The highest BCUT2D eigenvalue weighted by Gasteiger charge is 2.19. The summed E-state index contributed by atoms with van der Waals surface area (Å²) in [6, 6.07) is 85.6. The first-order valence-electron chi connectivity index (χ1n) is 21.7. The predicted molar refractivity (Wildman–Crippen MR) is 267 cm³/mol. The molecule has 1 aromatic heterocycles. The average molecular weight is 804 g/mol. The standard InChI is InChI=1S/C61H41NO/c1-2-13-41(14-3-1)42-25-27-43(28-26-42)44-29-34-49(35-30-44)62(50-36-31-46(32-37-50)59-39-47-16-5-7-18-51(47)54-21-10-11-22-55(54)59)40-48-17-6-8-19-52(48)56-23-12-24-57-58-38-33-45-15-4-9-20-53(45)60(58)63-61(56)57/h1-39H,40H2. The van der Waals surface area contributed by atoms with Gasteiger partial charge in [0.1, 0.15) is 11.2 Å². The van der Waals surface area contributed by atoms with Crippen molar-refractivity contribution >= 4 is 65.6 Å². The number of nitrogens with zero attached hydrogens (tertiary/aromatic N) is 1. The zero-order valence-electron chi connectivity index (χ0n) is 34.6. The van der Waals surface area contributed by atoms with E-state index >= 15 is 0 Å². The molecule has 12 aromatic rings. The van der Waals surface area contributed by atoms with Gasteiger partial charge in [0.25, 0.3) is 0 Å². The van der Waals surface area contributed by atoms with Gasteiger partial charge in [0, 0.05) is 39.6 Å². The Bertz CT molecular complexity index is 3620. The van der Waals surface area contributed by atoms with E-state index in [0.29, 0.717) is 6.54 Å². The maximum absolute atomic E-state index is 6.87. The summed E-state index contributed by atoms with van der Waals surface area (Å²) in [7, 11) is 0. The molecule has 0 saturated heterocycles. The van der Waals surface area contributed by atoms with Gasteiger partial charge in [-0.2, -0.15) is 0 Å². The normalized spacial score (nSPS) is 11.6. The summed E-state index contributed by atoms with van der Waals surface area (Å²) in [6.07, 6.45) is 0. The van der Waals surface area contributed by atoms with Gasteiger partial charge in [0.2, 0.25) is 0 Å². The molecule has 12 rings (SSSR count). The van der Waals surface area contributed by atoms with Crippen LogP contribution in [0.2, 0.25) is 0 Å². The van der Waals surface area contributed by atoms with Crippen LogP contribution < -0.4 is 4.90 Å². The topological polar surface area (TPSA) is 16.4 Å². The van der Waals surface area contributed by atoms with Crippen LogP contribution in [0.15, 0.2) is 241 Å². The van der Waals surface area contributed by atoms with Crippen molar-refractivity contribution in [2.75, 3.05) is 4.90 Å². The third-order valence-electron chi connectivity index (χ3n) is 12.8. The van der Waals surface area contributed by atoms with Crippen LogP contribution in [-0.4, -0.2) is 0 Å². The van der Waals surface area contributed by atoms with Crippen LogP contribution in [0.3, 0.4) is 0 Å². The van der Waals surface area contributed by atoms with E-state index in [9.17, 15) is 0 Å². The van der Waals surface area contributed by atoms with E-state index in [1.54, 1.807) is 0 Å². The molecule has 0 fully saturated rings. The molecular formula is C61H41NO. The highest BCUT2D eigenvalue weighted by Crippen LogP contribution is 2.42. The van der Waals surface area contributed by atoms with Gasteiger partial charge in [0.15, 0.2) is 0 Å². The van der Waals surface area contributed by atoms with Crippen LogP contribution in [0.4, 0.5) is 11.4 Å². The largest absolute Gasteiger partial charge is 0.455 e. The first-order valence-corrected chi connectivity index (χ1v) is 21.7. The second-order valence-corrected chi connectivity index (χ2v) is 16.4. The molecule has 0 aliphatic heterocycles. The van der Waals surface area contributed by atoms with Gasteiger partial charge in [-0.3, -0.25) is 0 Å². The fourth-order valence-corrected chi connectivity index (χ4v) is 9.59. The van der Waals surface area contributed by atoms with Crippen LogP contribution in [0.5, 0.6) is 0 Å². The zero-order valence-corrected chi connectivity index (χ0v) is 34.6. The van der Waals surface area contributed by atoms with E-state index < -0.39 is 0 Å². The van der Waals surface area contributed by atoms with Crippen molar-refractivity contribution in [3.63, 3.8) is 0 Å². The number of hydrogen-bond donors (Lipinski definition) is 0. The van der Waals surface area contributed by atoms with Crippen LogP contribution in [0, 0.1) is 0 Å². The van der Waals surface area contributed by atoms with E-state index in [1.807, 2.05) is 0 Å². The SMILES string of the molecule is c1ccc(-c2ccc(-c3ccc(N(Cc4ccccc4-c4cccc5c4oc4c6ccccc6ccc54)c4ccc(-c5cc6ccccc6c6ccccc56)cc4)cc3)cc2)cc1. The maximum Gasteiger partial charge on any atom is 0.143 e. The molecule has 2 nitrogen and oxygen atoms in total. The molecule has 0 spiro atoms. The van der Waals surface area contributed by atoms with Gasteiger partial charge in [-0.25, -0.2) is 0 Å². The highest BCUT2D eigenvalue weighted by atomic mass is 16.3. The molecule has 0 atom stereocenters. The summed E-state index contributed by atoms with van der Waals surface area (Å²) in [6.45, 7) is 0.652. The smallest absolute Gasteiger partial charge is 0.143 e. The van der Waals surface area contributed by atoms with Crippen LogP contribution in [0.25, 0.3) is 98.8 Å². The Labute approximate surface area is 366 Å². The minimum absolute atomic E-state index is 0.652. The van der Waals surface area contributed by atoms with Crippen molar-refractivity contribution in [1.82, 2.24) is 0 Å². The van der Waals surface area contributed by atoms with Gasteiger partial charge in [-0.15, -0.1) is 0 Å². The molecule has 11 aromatic carbocycles. The van der Waals surface area contributed by atoms with E-state index in [2.05, 4.69) is 241 Å². The summed E-state index contributed by atoms with van der Waals surface area (Å²) in [4.78, 5) is 2.44. The molecule has 0 radical (unpaired) electrons. The minimum atomic E-state index is 0.652. The number of para-hydroxylation sites is 1. The average Bonchev–Trinajstić information content (AvgIpc) is 3.76. The minimum Gasteiger partial charge on any atom is -0.455 e. The van der Waals surface area contributed by atoms with Gasteiger partial charge in [0.05, 0.1) is 0 Å². The molecular weight excluding hydrogens is 763 g/mol. The van der Waals surface area contributed by atoms with E-state index in [0.717, 1.165) is 49.8 Å². The Kier molecular flexibility index (Phi) is 8.93. The lowest BCUT2D eigenvalue weighted by molar-refractivity contribution is 0.673. The van der Waals surface area contributed by atoms with Gasteiger partial charge < -0.3 is 9.32 Å². The summed E-state index contributed by atoms with van der Waals surface area (Å²) in [5.74, 6) is 0. The van der Waals surface area contributed by atoms with Crippen molar-refractivity contribution in [1.29, 1.82) is 0 Å². The van der Waals surface area contributed by atoms with Crippen molar-refractivity contribution in [2.45, 2.75) is 6.54 Å². The summed E-state index contributed by atoms with van der Waals surface area (Å²) in [5.41, 5.74) is 14.8. The Hall–Kier alpha value is -8.20. The molecule has 0 amide bonds. The summed E-state index contributed by atoms with van der Waals surface area (Å²) < 4.78 is 6.87. The lowest BCUT2D eigenvalue weighted by Gasteiger charge is -2.27. The van der Waals surface area contributed by atoms with Crippen LogP contribution >= 0.6 is 0 Å². The molecule has 63 heavy (non-hydrogen) atoms. The molecule has 296 valence electrons. The van der Waals surface area contributed by atoms with Gasteiger partial charge >= 0.3 is 0 Å². The van der Waals surface area contributed by atoms with Gasteiger partial charge in [-0.1, -0.05) is 200 Å². The van der Waals surface area contributed by atoms with Crippen LogP contribution in [0.1, 0.15) is 5.56 Å².